The van der Waals surface area contributed by atoms with Gasteiger partial charge in [-0.1, -0.05) is 61.8 Å². The fourth-order valence-electron chi connectivity index (χ4n) is 3.91. The average molecular weight is 516 g/mol. The van der Waals surface area contributed by atoms with Gasteiger partial charge in [0.1, 0.15) is 10.8 Å². The third-order valence-electron chi connectivity index (χ3n) is 5.72. The van der Waals surface area contributed by atoms with Gasteiger partial charge in [-0.3, -0.25) is 14.5 Å². The Morgan fingerprint density at radius 3 is 2.17 bits per heavy atom. The summed E-state index contributed by atoms with van der Waals surface area (Å²) in [5, 5.41) is 7.76. The summed E-state index contributed by atoms with van der Waals surface area (Å²) in [5.41, 5.74) is 2.29. The van der Waals surface area contributed by atoms with E-state index in [4.69, 9.17) is 11.6 Å². The lowest BCUT2D eigenvalue weighted by atomic mass is 9.92. The summed E-state index contributed by atoms with van der Waals surface area (Å²) in [6, 6.07) is 14.0. The van der Waals surface area contributed by atoms with Crippen LogP contribution in [0.25, 0.3) is 0 Å². The second kappa shape index (κ2) is 9.73. The van der Waals surface area contributed by atoms with E-state index in [1.54, 1.807) is 31.2 Å². The molecule has 0 spiro atoms. The predicted octanol–water partition coefficient (Wildman–Crippen LogP) is 6.27. The number of Topliss-reactive ketones (excluding diaryl/α,β-unsaturated/α-hetero) is 1. The van der Waals surface area contributed by atoms with E-state index >= 15 is 0 Å². The molecule has 1 unspecified atom stereocenters. The number of halogens is 4. The third kappa shape index (κ3) is 5.11. The first kappa shape index (κ1) is 25.4. The van der Waals surface area contributed by atoms with Gasteiger partial charge in [-0.25, -0.2) is 0 Å². The van der Waals surface area contributed by atoms with Crippen LogP contribution < -0.4 is 9.64 Å². The van der Waals surface area contributed by atoms with Crippen molar-refractivity contribution in [1.82, 2.24) is 10.2 Å². The Bertz CT molecular complexity index is 1320. The molecule has 0 aliphatic carbocycles. The maximum Gasteiger partial charge on any atom is 0.573 e. The van der Waals surface area contributed by atoms with Gasteiger partial charge in [0.15, 0.2) is 11.6 Å². The number of ketones is 1. The molecule has 0 N–H and O–H groups in total. The fourth-order valence-corrected chi connectivity index (χ4v) is 4.19. The molecule has 0 fully saturated rings. The second-order valence-electron chi connectivity index (χ2n) is 8.56. The predicted molar refractivity (Wildman–Crippen MR) is 128 cm³/mol. The van der Waals surface area contributed by atoms with Crippen molar-refractivity contribution < 1.29 is 27.5 Å². The number of amides is 1. The molecule has 36 heavy (non-hydrogen) atoms. The molecule has 186 valence electrons. The highest BCUT2D eigenvalue weighted by molar-refractivity contribution is 6.48. The smallest absolute Gasteiger partial charge is 0.406 e. The largest absolute Gasteiger partial charge is 0.573 e. The standard InChI is InChI=1S/C26H21ClF3N3O3/c1-14(2)16-5-7-18(8-6-16)24(34)21-22(27)25(35)33(20-13-4-15(3)31-32-20)23(21)17-9-11-19(12-10-17)36-26(28,29)30/h4-14,23H,1-3H3. The van der Waals surface area contributed by atoms with E-state index in [1.165, 1.54) is 17.0 Å². The zero-order chi connectivity index (χ0) is 26.2. The first-order valence-corrected chi connectivity index (χ1v) is 11.4. The quantitative estimate of drug-likeness (QED) is 0.362. The highest BCUT2D eigenvalue weighted by Gasteiger charge is 2.44. The van der Waals surface area contributed by atoms with Crippen molar-refractivity contribution in [3.63, 3.8) is 0 Å². The zero-order valence-corrected chi connectivity index (χ0v) is 20.3. The number of alkyl halides is 3. The SMILES string of the molecule is Cc1ccc(N2C(=O)C(Cl)=C(C(=O)c3ccc(C(C)C)cc3)C2c2ccc(OC(F)(F)F)cc2)nn1. The highest BCUT2D eigenvalue weighted by Crippen LogP contribution is 2.43. The lowest BCUT2D eigenvalue weighted by Gasteiger charge is -2.26. The molecule has 1 aliphatic rings. The summed E-state index contributed by atoms with van der Waals surface area (Å²) in [5.74, 6) is -1.19. The third-order valence-corrected chi connectivity index (χ3v) is 6.08. The summed E-state index contributed by atoms with van der Waals surface area (Å²) in [6.07, 6.45) is -4.86. The molecule has 10 heteroatoms. The van der Waals surface area contributed by atoms with Crippen LogP contribution in [0, 0.1) is 6.92 Å². The van der Waals surface area contributed by atoms with Gasteiger partial charge in [0.05, 0.1) is 17.3 Å². The van der Waals surface area contributed by atoms with E-state index in [0.717, 1.165) is 17.7 Å². The minimum absolute atomic E-state index is 0.00849. The molecule has 4 rings (SSSR count). The van der Waals surface area contributed by atoms with Gasteiger partial charge < -0.3 is 4.74 Å². The number of rotatable bonds is 6. The summed E-state index contributed by atoms with van der Waals surface area (Å²) >= 11 is 6.44. The maximum atomic E-state index is 13.6. The van der Waals surface area contributed by atoms with Gasteiger partial charge in [-0.2, -0.15) is 5.10 Å². The molecule has 0 bridgehead atoms. The number of aromatic nitrogens is 2. The lowest BCUT2D eigenvalue weighted by Crippen LogP contribution is -2.31. The number of carbonyl (C=O) groups is 2. The number of anilines is 1. The first-order chi connectivity index (χ1) is 17.0. The molecule has 0 saturated carbocycles. The summed E-state index contributed by atoms with van der Waals surface area (Å²) in [6.45, 7) is 5.77. The van der Waals surface area contributed by atoms with Crippen LogP contribution in [0.4, 0.5) is 19.0 Å². The Hall–Kier alpha value is -3.72. The van der Waals surface area contributed by atoms with Gasteiger partial charge in [0.2, 0.25) is 0 Å². The Morgan fingerprint density at radius 1 is 1.00 bits per heavy atom. The molecule has 2 aromatic carbocycles. The molecule has 0 radical (unpaired) electrons. The van der Waals surface area contributed by atoms with Crippen molar-refractivity contribution in [3.8, 4) is 5.75 Å². The van der Waals surface area contributed by atoms with Crippen molar-refractivity contribution in [3.05, 3.63) is 93.7 Å². The Balaban J connectivity index is 1.79. The van der Waals surface area contributed by atoms with Crippen LogP contribution in [0.2, 0.25) is 0 Å². The molecule has 0 saturated heterocycles. The van der Waals surface area contributed by atoms with Crippen molar-refractivity contribution in [2.45, 2.75) is 39.1 Å². The van der Waals surface area contributed by atoms with Gasteiger partial charge in [-0.15, -0.1) is 18.3 Å². The van der Waals surface area contributed by atoms with Crippen molar-refractivity contribution in [1.29, 1.82) is 0 Å². The number of nitrogens with zero attached hydrogens (tertiary/aromatic N) is 3. The highest BCUT2D eigenvalue weighted by atomic mass is 35.5. The zero-order valence-electron chi connectivity index (χ0n) is 19.5. The van der Waals surface area contributed by atoms with E-state index in [9.17, 15) is 22.8 Å². The van der Waals surface area contributed by atoms with E-state index in [1.807, 2.05) is 26.0 Å². The minimum Gasteiger partial charge on any atom is -0.406 e. The molecule has 1 amide bonds. The van der Waals surface area contributed by atoms with E-state index in [-0.39, 0.29) is 22.3 Å². The van der Waals surface area contributed by atoms with Crippen LogP contribution in [-0.4, -0.2) is 28.3 Å². The molecule has 3 aromatic rings. The normalized spacial score (nSPS) is 16.2. The van der Waals surface area contributed by atoms with Crippen molar-refractivity contribution >= 4 is 29.1 Å². The van der Waals surface area contributed by atoms with Gasteiger partial charge in [0, 0.05) is 5.56 Å². The fraction of sp³-hybridized carbons (Fsp3) is 0.231. The summed E-state index contributed by atoms with van der Waals surface area (Å²) < 4.78 is 41.9. The molecule has 2 heterocycles. The number of ether oxygens (including phenoxy) is 1. The average Bonchev–Trinajstić information content (AvgIpc) is 3.09. The molecule has 1 aromatic heterocycles. The number of carbonyl (C=O) groups excluding carboxylic acids is 2. The molecule has 1 atom stereocenters. The van der Waals surface area contributed by atoms with E-state index in [2.05, 4.69) is 14.9 Å². The Labute approximate surface area is 210 Å². The van der Waals surface area contributed by atoms with Crippen LogP contribution in [0.5, 0.6) is 5.75 Å². The minimum atomic E-state index is -4.86. The number of hydrogen-bond donors (Lipinski definition) is 0. The van der Waals surface area contributed by atoms with Crippen LogP contribution >= 0.6 is 11.6 Å². The first-order valence-electron chi connectivity index (χ1n) is 11.0. The van der Waals surface area contributed by atoms with Crippen LogP contribution in [0.3, 0.4) is 0 Å². The lowest BCUT2D eigenvalue weighted by molar-refractivity contribution is -0.274. The summed E-state index contributed by atoms with van der Waals surface area (Å²) in [7, 11) is 0. The van der Waals surface area contributed by atoms with E-state index < -0.39 is 29.8 Å². The molecular formula is C26H21ClF3N3O3. The van der Waals surface area contributed by atoms with E-state index in [0.29, 0.717) is 16.8 Å². The van der Waals surface area contributed by atoms with Crippen LogP contribution in [0.1, 0.15) is 53.0 Å². The van der Waals surface area contributed by atoms with Crippen molar-refractivity contribution in [2.75, 3.05) is 4.90 Å². The van der Waals surface area contributed by atoms with Crippen molar-refractivity contribution in [2.24, 2.45) is 0 Å². The molecular weight excluding hydrogens is 495 g/mol. The number of aryl methyl sites for hydroxylation is 1. The molecule has 1 aliphatic heterocycles. The topological polar surface area (TPSA) is 72.4 Å². The second-order valence-corrected chi connectivity index (χ2v) is 8.94. The van der Waals surface area contributed by atoms with Crippen LogP contribution in [-0.2, 0) is 4.79 Å². The van der Waals surface area contributed by atoms with Gasteiger partial charge in [0.25, 0.3) is 5.91 Å². The van der Waals surface area contributed by atoms with Crippen LogP contribution in [0.15, 0.2) is 71.3 Å². The summed E-state index contributed by atoms with van der Waals surface area (Å²) in [4.78, 5) is 28.1. The monoisotopic (exact) mass is 515 g/mol. The van der Waals surface area contributed by atoms with Gasteiger partial charge >= 0.3 is 6.36 Å². The molecule has 6 nitrogen and oxygen atoms in total. The van der Waals surface area contributed by atoms with Gasteiger partial charge in [-0.05, 0) is 48.2 Å². The Morgan fingerprint density at radius 2 is 1.64 bits per heavy atom. The number of hydrogen-bond acceptors (Lipinski definition) is 5. The number of benzene rings is 2. The maximum absolute atomic E-state index is 13.6. The Kier molecular flexibility index (Phi) is 6.86.